The number of hydrogen-bond acceptors (Lipinski definition) is 2. The Kier molecular flexibility index (Phi) is 4.81. The van der Waals surface area contributed by atoms with Crippen LogP contribution in [0.1, 0.15) is 21.9 Å². The Balaban J connectivity index is 2.20. The van der Waals surface area contributed by atoms with Crippen LogP contribution >= 0.6 is 22.9 Å². The number of likely N-dealkylation sites (N-methyl/N-ethyl adjacent to an activating group) is 1. The van der Waals surface area contributed by atoms with E-state index in [0.29, 0.717) is 5.92 Å². The molecule has 96 valence electrons. The molecule has 18 heavy (non-hydrogen) atoms. The van der Waals surface area contributed by atoms with Gasteiger partial charge in [-0.3, -0.25) is 0 Å². The Morgan fingerprint density at radius 2 is 2.17 bits per heavy atom. The third kappa shape index (κ3) is 3.35. The van der Waals surface area contributed by atoms with E-state index in [0.717, 1.165) is 18.0 Å². The second-order valence-electron chi connectivity index (χ2n) is 4.56. The zero-order valence-electron chi connectivity index (χ0n) is 10.7. The van der Waals surface area contributed by atoms with Crippen molar-refractivity contribution in [2.75, 3.05) is 13.6 Å². The average Bonchev–Trinajstić information content (AvgIpc) is 2.74. The average molecular weight is 280 g/mol. The fourth-order valence-corrected chi connectivity index (χ4v) is 3.37. The van der Waals surface area contributed by atoms with E-state index in [-0.39, 0.29) is 0 Å². The molecular weight excluding hydrogens is 262 g/mol. The lowest BCUT2D eigenvalue weighted by atomic mass is 9.94. The normalized spacial score (nSPS) is 12.6. The molecule has 3 heteroatoms. The molecule has 1 atom stereocenters. The quantitative estimate of drug-likeness (QED) is 0.862. The summed E-state index contributed by atoms with van der Waals surface area (Å²) in [7, 11) is 2.00. The minimum absolute atomic E-state index is 0.478. The van der Waals surface area contributed by atoms with Gasteiger partial charge in [-0.2, -0.15) is 0 Å². The van der Waals surface area contributed by atoms with Crippen molar-refractivity contribution in [2.45, 2.75) is 19.3 Å². The molecule has 0 bridgehead atoms. The van der Waals surface area contributed by atoms with Crippen LogP contribution in [0, 0.1) is 6.92 Å². The Morgan fingerprint density at radius 3 is 2.78 bits per heavy atom. The van der Waals surface area contributed by atoms with Gasteiger partial charge in [-0.15, -0.1) is 11.3 Å². The van der Waals surface area contributed by atoms with Crippen LogP contribution in [0.25, 0.3) is 0 Å². The highest BCUT2D eigenvalue weighted by molar-refractivity contribution is 7.10. The summed E-state index contributed by atoms with van der Waals surface area (Å²) in [5.74, 6) is 0.478. The highest BCUT2D eigenvalue weighted by Crippen LogP contribution is 2.29. The number of halogens is 1. The number of benzene rings is 1. The van der Waals surface area contributed by atoms with Crippen molar-refractivity contribution in [2.24, 2.45) is 0 Å². The molecule has 0 radical (unpaired) electrons. The molecule has 0 aliphatic heterocycles. The monoisotopic (exact) mass is 279 g/mol. The van der Waals surface area contributed by atoms with Gasteiger partial charge in [-0.05, 0) is 37.4 Å². The molecule has 0 spiro atoms. The lowest BCUT2D eigenvalue weighted by molar-refractivity contribution is 0.630. The van der Waals surface area contributed by atoms with Gasteiger partial charge < -0.3 is 5.32 Å². The number of nitrogens with one attached hydrogen (secondary N) is 1. The Bertz CT molecular complexity index is 507. The second kappa shape index (κ2) is 6.37. The molecule has 1 heterocycles. The molecule has 0 fully saturated rings. The zero-order chi connectivity index (χ0) is 13.0. The van der Waals surface area contributed by atoms with Crippen LogP contribution in [0.2, 0.25) is 5.02 Å². The highest BCUT2D eigenvalue weighted by Gasteiger charge is 2.14. The number of aryl methyl sites for hydroxylation is 1. The standard InChI is InChI=1S/C15H18ClNS/c1-11-4-3-5-12(8-11)13(10-17-2)9-15-14(16)6-7-18-15/h3-8,13,17H,9-10H2,1-2H3. The summed E-state index contributed by atoms with van der Waals surface area (Å²) in [4.78, 5) is 1.28. The van der Waals surface area contributed by atoms with E-state index < -0.39 is 0 Å². The van der Waals surface area contributed by atoms with Crippen LogP contribution in [0.3, 0.4) is 0 Å². The second-order valence-corrected chi connectivity index (χ2v) is 5.97. The first-order valence-electron chi connectivity index (χ1n) is 6.13. The molecule has 1 unspecified atom stereocenters. The van der Waals surface area contributed by atoms with E-state index in [1.807, 2.05) is 13.1 Å². The molecule has 0 amide bonds. The first-order valence-corrected chi connectivity index (χ1v) is 7.39. The predicted octanol–water partition coefficient (Wildman–Crippen LogP) is 4.26. The minimum atomic E-state index is 0.478. The summed E-state index contributed by atoms with van der Waals surface area (Å²) in [6, 6.07) is 10.7. The van der Waals surface area contributed by atoms with Crippen molar-refractivity contribution in [1.82, 2.24) is 5.32 Å². The fourth-order valence-electron chi connectivity index (χ4n) is 2.17. The minimum Gasteiger partial charge on any atom is -0.319 e. The Morgan fingerprint density at radius 1 is 1.33 bits per heavy atom. The van der Waals surface area contributed by atoms with Crippen molar-refractivity contribution >= 4 is 22.9 Å². The van der Waals surface area contributed by atoms with E-state index in [4.69, 9.17) is 11.6 Å². The molecule has 1 nitrogen and oxygen atoms in total. The summed E-state index contributed by atoms with van der Waals surface area (Å²) in [6.07, 6.45) is 1.00. The topological polar surface area (TPSA) is 12.0 Å². The molecule has 2 rings (SSSR count). The molecule has 1 N–H and O–H groups in total. The molecule has 0 aliphatic carbocycles. The lowest BCUT2D eigenvalue weighted by Crippen LogP contribution is -2.19. The van der Waals surface area contributed by atoms with E-state index in [1.165, 1.54) is 16.0 Å². The summed E-state index contributed by atoms with van der Waals surface area (Å²) in [6.45, 7) is 3.11. The first-order chi connectivity index (χ1) is 8.70. The SMILES string of the molecule is CNCC(Cc1sccc1Cl)c1cccc(C)c1. The first kappa shape index (κ1) is 13.6. The van der Waals surface area contributed by atoms with Gasteiger partial charge in [-0.25, -0.2) is 0 Å². The maximum atomic E-state index is 6.19. The highest BCUT2D eigenvalue weighted by atomic mass is 35.5. The van der Waals surface area contributed by atoms with E-state index in [1.54, 1.807) is 11.3 Å². The van der Waals surface area contributed by atoms with Gasteiger partial charge >= 0.3 is 0 Å². The van der Waals surface area contributed by atoms with Crippen LogP contribution in [0.15, 0.2) is 35.7 Å². The number of hydrogen-bond donors (Lipinski definition) is 1. The van der Waals surface area contributed by atoms with Crippen LogP contribution in [-0.4, -0.2) is 13.6 Å². The van der Waals surface area contributed by atoms with Crippen LogP contribution in [0.5, 0.6) is 0 Å². The molecule has 1 aromatic heterocycles. The zero-order valence-corrected chi connectivity index (χ0v) is 12.3. The van der Waals surface area contributed by atoms with E-state index >= 15 is 0 Å². The molecule has 0 aliphatic rings. The van der Waals surface area contributed by atoms with Crippen LogP contribution in [0.4, 0.5) is 0 Å². The maximum Gasteiger partial charge on any atom is 0.0545 e. The van der Waals surface area contributed by atoms with Crippen molar-refractivity contribution < 1.29 is 0 Å². The fraction of sp³-hybridized carbons (Fsp3) is 0.333. The summed E-state index contributed by atoms with van der Waals surface area (Å²) in [5.41, 5.74) is 2.69. The maximum absolute atomic E-state index is 6.19. The summed E-state index contributed by atoms with van der Waals surface area (Å²) >= 11 is 7.94. The molecule has 2 aromatic rings. The molecule has 1 aromatic carbocycles. The third-order valence-corrected chi connectivity index (χ3v) is 4.50. The lowest BCUT2D eigenvalue weighted by Gasteiger charge is -2.17. The molecular formula is C15H18ClNS. The largest absolute Gasteiger partial charge is 0.319 e. The summed E-state index contributed by atoms with van der Waals surface area (Å²) in [5, 5.41) is 6.24. The Labute approximate surface area is 118 Å². The van der Waals surface area contributed by atoms with Gasteiger partial charge in [0.2, 0.25) is 0 Å². The molecule has 0 saturated carbocycles. The van der Waals surface area contributed by atoms with Gasteiger partial charge in [0.05, 0.1) is 5.02 Å². The number of rotatable bonds is 5. The predicted molar refractivity (Wildman–Crippen MR) is 80.9 cm³/mol. The van der Waals surface area contributed by atoms with E-state index in [2.05, 4.69) is 41.9 Å². The van der Waals surface area contributed by atoms with Crippen LogP contribution in [-0.2, 0) is 6.42 Å². The van der Waals surface area contributed by atoms with Gasteiger partial charge in [0.1, 0.15) is 0 Å². The van der Waals surface area contributed by atoms with Gasteiger partial charge in [0.15, 0.2) is 0 Å². The van der Waals surface area contributed by atoms with E-state index in [9.17, 15) is 0 Å². The number of thiophene rings is 1. The van der Waals surface area contributed by atoms with Crippen molar-refractivity contribution in [3.63, 3.8) is 0 Å². The third-order valence-electron chi connectivity index (χ3n) is 3.09. The van der Waals surface area contributed by atoms with Crippen LogP contribution < -0.4 is 5.32 Å². The van der Waals surface area contributed by atoms with Gasteiger partial charge in [0, 0.05) is 17.3 Å². The molecule has 0 saturated heterocycles. The van der Waals surface area contributed by atoms with Gasteiger partial charge in [-0.1, -0.05) is 41.4 Å². The van der Waals surface area contributed by atoms with Gasteiger partial charge in [0.25, 0.3) is 0 Å². The van der Waals surface area contributed by atoms with Crippen molar-refractivity contribution in [3.8, 4) is 0 Å². The Hall–Kier alpha value is -0.830. The summed E-state index contributed by atoms with van der Waals surface area (Å²) < 4.78 is 0. The van der Waals surface area contributed by atoms with Crippen molar-refractivity contribution in [3.05, 3.63) is 56.7 Å². The van der Waals surface area contributed by atoms with Crippen molar-refractivity contribution in [1.29, 1.82) is 0 Å². The smallest absolute Gasteiger partial charge is 0.0545 e.